The number of amides is 2. The van der Waals surface area contributed by atoms with Gasteiger partial charge in [0.25, 0.3) is 0 Å². The van der Waals surface area contributed by atoms with Gasteiger partial charge in [-0.25, -0.2) is 8.42 Å². The van der Waals surface area contributed by atoms with E-state index in [4.69, 9.17) is 11.6 Å². The van der Waals surface area contributed by atoms with E-state index in [0.717, 1.165) is 61.6 Å². The first-order chi connectivity index (χ1) is 18.2. The molecule has 1 saturated carbocycles. The summed E-state index contributed by atoms with van der Waals surface area (Å²) in [6.45, 7) is 2.64. The summed E-state index contributed by atoms with van der Waals surface area (Å²) in [7, 11) is -4.20. The number of carbonyl (C=O) groups excluding carboxylic acids is 2. The molecular formula is C27H33ClF3N3O4S. The number of anilines is 1. The zero-order valence-corrected chi connectivity index (χ0v) is 23.7. The molecule has 0 spiro atoms. The number of carbonyl (C=O) groups is 2. The Hall–Kier alpha value is -2.79. The summed E-state index contributed by atoms with van der Waals surface area (Å²) in [6.07, 6.45) is 0.733. The van der Waals surface area contributed by atoms with Crippen LogP contribution in [0.3, 0.4) is 0 Å². The molecule has 0 bridgehead atoms. The topological polar surface area (TPSA) is 86.8 Å². The molecule has 0 aliphatic heterocycles. The predicted molar refractivity (Wildman–Crippen MR) is 145 cm³/mol. The number of alkyl halides is 3. The quantitative estimate of drug-likeness (QED) is 0.431. The third kappa shape index (κ3) is 8.35. The summed E-state index contributed by atoms with van der Waals surface area (Å²) in [6, 6.07) is 8.97. The molecule has 1 atom stereocenters. The lowest BCUT2D eigenvalue weighted by Gasteiger charge is -2.33. The Labute approximate surface area is 232 Å². The van der Waals surface area contributed by atoms with Crippen LogP contribution in [-0.2, 0) is 32.3 Å². The Balaban J connectivity index is 1.93. The second-order valence-corrected chi connectivity index (χ2v) is 12.3. The molecule has 39 heavy (non-hydrogen) atoms. The lowest BCUT2D eigenvalue weighted by atomic mass is 9.95. The van der Waals surface area contributed by atoms with Crippen molar-refractivity contribution in [3.05, 3.63) is 64.2 Å². The van der Waals surface area contributed by atoms with Crippen molar-refractivity contribution in [1.82, 2.24) is 10.2 Å². The van der Waals surface area contributed by atoms with Crippen molar-refractivity contribution in [3.8, 4) is 0 Å². The predicted octanol–water partition coefficient (Wildman–Crippen LogP) is 5.30. The summed E-state index contributed by atoms with van der Waals surface area (Å²) < 4.78 is 66.3. The van der Waals surface area contributed by atoms with Gasteiger partial charge in [0.2, 0.25) is 21.8 Å². The lowest BCUT2D eigenvalue weighted by molar-refractivity contribution is -0.139. The van der Waals surface area contributed by atoms with Crippen LogP contribution < -0.4 is 9.62 Å². The lowest BCUT2D eigenvalue weighted by Crippen LogP contribution is -2.53. The van der Waals surface area contributed by atoms with Crippen molar-refractivity contribution in [2.24, 2.45) is 0 Å². The number of hydrogen-bond acceptors (Lipinski definition) is 4. The van der Waals surface area contributed by atoms with Crippen LogP contribution in [0, 0.1) is 6.92 Å². The van der Waals surface area contributed by atoms with E-state index in [2.05, 4.69) is 5.32 Å². The number of rotatable bonds is 9. The fraction of sp³-hybridized carbons (Fsp3) is 0.481. The van der Waals surface area contributed by atoms with Crippen LogP contribution >= 0.6 is 11.6 Å². The molecule has 0 aromatic heterocycles. The molecule has 0 heterocycles. The number of nitrogens with zero attached hydrogens (tertiary/aromatic N) is 2. The maximum absolute atomic E-state index is 13.6. The number of sulfonamides is 1. The third-order valence-corrected chi connectivity index (χ3v) is 8.25. The Bertz CT molecular complexity index is 1300. The van der Waals surface area contributed by atoms with Crippen molar-refractivity contribution in [1.29, 1.82) is 0 Å². The smallest absolute Gasteiger partial charge is 0.352 e. The van der Waals surface area contributed by atoms with Crippen molar-refractivity contribution in [2.75, 3.05) is 17.1 Å². The summed E-state index contributed by atoms with van der Waals surface area (Å²) in [5, 5.41) is 2.40. The molecular weight excluding hydrogens is 555 g/mol. The van der Waals surface area contributed by atoms with E-state index in [1.807, 2.05) is 19.1 Å². The Kier molecular flexibility index (Phi) is 9.93. The molecule has 1 N–H and O–H groups in total. The highest BCUT2D eigenvalue weighted by Crippen LogP contribution is 2.37. The maximum Gasteiger partial charge on any atom is 0.417 e. The Morgan fingerprint density at radius 1 is 1.10 bits per heavy atom. The van der Waals surface area contributed by atoms with E-state index < -0.39 is 45.3 Å². The number of halogens is 4. The zero-order chi connectivity index (χ0) is 29.0. The molecule has 1 aliphatic carbocycles. The standard InChI is InChI=1S/C27H33ClF3N3O4S/c1-18-8-7-9-20(14-18)16-33(19(2)26(36)32-21-10-5-4-6-11-21)25(35)17-34(39(3,37)38)22-12-13-24(28)23(15-22)27(29,30)31/h7-9,12-15,19,21H,4-6,10-11,16-17H2,1-3H3,(H,32,36)/t19-/m1/s1. The summed E-state index contributed by atoms with van der Waals surface area (Å²) in [4.78, 5) is 28.1. The fourth-order valence-corrected chi connectivity index (χ4v) is 5.72. The van der Waals surface area contributed by atoms with Gasteiger partial charge in [-0.3, -0.25) is 13.9 Å². The SMILES string of the molecule is Cc1cccc(CN(C(=O)CN(c2ccc(Cl)c(C(F)(F)F)c2)S(C)(=O)=O)[C@H](C)C(=O)NC2CCCCC2)c1. The Morgan fingerprint density at radius 3 is 2.36 bits per heavy atom. The van der Waals surface area contributed by atoms with Gasteiger partial charge in [-0.2, -0.15) is 13.2 Å². The van der Waals surface area contributed by atoms with Gasteiger partial charge in [-0.1, -0.05) is 60.7 Å². The van der Waals surface area contributed by atoms with Crippen LogP contribution in [0.25, 0.3) is 0 Å². The molecule has 12 heteroatoms. The van der Waals surface area contributed by atoms with Crippen LogP contribution in [-0.4, -0.2) is 50.0 Å². The zero-order valence-electron chi connectivity index (χ0n) is 22.1. The second-order valence-electron chi connectivity index (χ2n) is 9.96. The van der Waals surface area contributed by atoms with Crippen LogP contribution in [0.1, 0.15) is 55.7 Å². The van der Waals surface area contributed by atoms with E-state index in [1.54, 1.807) is 19.1 Å². The number of nitrogens with one attached hydrogen (secondary N) is 1. The molecule has 1 fully saturated rings. The highest BCUT2D eigenvalue weighted by Gasteiger charge is 2.36. The number of hydrogen-bond donors (Lipinski definition) is 1. The highest BCUT2D eigenvalue weighted by molar-refractivity contribution is 7.92. The van der Waals surface area contributed by atoms with Gasteiger partial charge in [0.15, 0.2) is 0 Å². The first-order valence-corrected chi connectivity index (χ1v) is 14.9. The summed E-state index contributed by atoms with van der Waals surface area (Å²) >= 11 is 5.71. The van der Waals surface area contributed by atoms with Crippen molar-refractivity contribution >= 4 is 39.1 Å². The van der Waals surface area contributed by atoms with E-state index in [-0.39, 0.29) is 24.2 Å². The van der Waals surface area contributed by atoms with Gasteiger partial charge in [0, 0.05) is 12.6 Å². The Morgan fingerprint density at radius 2 is 1.77 bits per heavy atom. The molecule has 1 aliphatic rings. The molecule has 214 valence electrons. The minimum Gasteiger partial charge on any atom is -0.352 e. The van der Waals surface area contributed by atoms with Crippen LogP contribution in [0.4, 0.5) is 18.9 Å². The van der Waals surface area contributed by atoms with Gasteiger partial charge < -0.3 is 10.2 Å². The van der Waals surface area contributed by atoms with Gasteiger partial charge in [0.05, 0.1) is 22.5 Å². The van der Waals surface area contributed by atoms with Crippen molar-refractivity contribution < 1.29 is 31.2 Å². The summed E-state index contributed by atoms with van der Waals surface area (Å²) in [5.74, 6) is -1.11. The van der Waals surface area contributed by atoms with Crippen LogP contribution in [0.15, 0.2) is 42.5 Å². The van der Waals surface area contributed by atoms with Crippen LogP contribution in [0.5, 0.6) is 0 Å². The minimum atomic E-state index is -4.83. The van der Waals surface area contributed by atoms with Crippen molar-refractivity contribution in [2.45, 2.75) is 70.8 Å². The molecule has 7 nitrogen and oxygen atoms in total. The third-order valence-electron chi connectivity index (χ3n) is 6.78. The second kappa shape index (κ2) is 12.6. The normalized spacial score (nSPS) is 15.5. The molecule has 2 aromatic rings. The molecule has 3 rings (SSSR count). The first-order valence-electron chi connectivity index (χ1n) is 12.7. The highest BCUT2D eigenvalue weighted by atomic mass is 35.5. The molecule has 2 aromatic carbocycles. The molecule has 0 saturated heterocycles. The van der Waals surface area contributed by atoms with Gasteiger partial charge in [-0.05, 0) is 50.5 Å². The van der Waals surface area contributed by atoms with Gasteiger partial charge in [-0.15, -0.1) is 0 Å². The molecule has 0 unspecified atom stereocenters. The maximum atomic E-state index is 13.6. The number of benzene rings is 2. The van der Waals surface area contributed by atoms with Gasteiger partial charge in [0.1, 0.15) is 12.6 Å². The summed E-state index contributed by atoms with van der Waals surface area (Å²) in [5.41, 5.74) is 0.0623. The van der Waals surface area contributed by atoms with Gasteiger partial charge >= 0.3 is 6.18 Å². The fourth-order valence-electron chi connectivity index (χ4n) is 4.66. The molecule has 2 amide bonds. The monoisotopic (exact) mass is 587 g/mol. The number of aryl methyl sites for hydroxylation is 1. The van der Waals surface area contributed by atoms with E-state index in [9.17, 15) is 31.2 Å². The van der Waals surface area contributed by atoms with E-state index in [1.165, 1.54) is 4.90 Å². The first kappa shape index (κ1) is 30.7. The molecule has 0 radical (unpaired) electrons. The van der Waals surface area contributed by atoms with E-state index in [0.29, 0.717) is 10.4 Å². The largest absolute Gasteiger partial charge is 0.417 e. The van der Waals surface area contributed by atoms with E-state index >= 15 is 0 Å². The minimum absolute atomic E-state index is 0.00574. The van der Waals surface area contributed by atoms with Crippen molar-refractivity contribution in [3.63, 3.8) is 0 Å². The average Bonchev–Trinajstić information content (AvgIpc) is 2.85. The van der Waals surface area contributed by atoms with Crippen LogP contribution in [0.2, 0.25) is 5.02 Å². The average molecular weight is 588 g/mol.